The van der Waals surface area contributed by atoms with Gasteiger partial charge in [0.1, 0.15) is 0 Å². The molecule has 0 radical (unpaired) electrons. The number of rotatable bonds is 12. The molecule has 2 rings (SSSR count). The maximum Gasteiger partial charge on any atom is 0.0165 e. The summed E-state index contributed by atoms with van der Waals surface area (Å²) in [6.07, 6.45) is 2.09. The van der Waals surface area contributed by atoms with Gasteiger partial charge < -0.3 is 16.0 Å². The molecule has 27 heavy (non-hydrogen) atoms. The van der Waals surface area contributed by atoms with Crippen molar-refractivity contribution in [2.45, 2.75) is 51.6 Å². The second-order valence-corrected chi connectivity index (χ2v) is 8.70. The normalized spacial score (nSPS) is 12.3. The first-order valence-electron chi connectivity index (χ1n) is 10.1. The summed E-state index contributed by atoms with van der Waals surface area (Å²) in [7, 11) is 0. The van der Waals surface area contributed by atoms with Gasteiger partial charge in [0.25, 0.3) is 0 Å². The molecule has 0 heterocycles. The Balaban J connectivity index is 1.56. The van der Waals surface area contributed by atoms with Crippen LogP contribution in [0.1, 0.15) is 38.8 Å². The van der Waals surface area contributed by atoms with Crippen molar-refractivity contribution >= 4 is 0 Å². The average molecular weight is 368 g/mol. The van der Waals surface area contributed by atoms with Gasteiger partial charge in [-0.05, 0) is 51.7 Å². The maximum absolute atomic E-state index is 3.66. The molecule has 2 aromatic rings. The van der Waals surface area contributed by atoms with Crippen LogP contribution in [0.2, 0.25) is 0 Å². The summed E-state index contributed by atoms with van der Waals surface area (Å²) in [6, 6.07) is 21.4. The van der Waals surface area contributed by atoms with E-state index in [1.807, 2.05) is 0 Å². The predicted octanol–water partition coefficient (Wildman–Crippen LogP) is 3.80. The van der Waals surface area contributed by atoms with Crippen LogP contribution in [-0.4, -0.2) is 37.3 Å². The lowest BCUT2D eigenvalue weighted by Crippen LogP contribution is -2.46. The quantitative estimate of drug-likeness (QED) is 0.500. The Morgan fingerprint density at radius 1 is 0.556 bits per heavy atom. The van der Waals surface area contributed by atoms with Crippen molar-refractivity contribution in [2.24, 2.45) is 0 Å². The molecule has 0 fully saturated rings. The number of benzene rings is 2. The average Bonchev–Trinajstić information content (AvgIpc) is 2.61. The summed E-state index contributed by atoms with van der Waals surface area (Å²) < 4.78 is 0. The molecule has 0 aliphatic heterocycles. The molecule has 0 spiro atoms. The van der Waals surface area contributed by atoms with Crippen molar-refractivity contribution in [2.75, 3.05) is 26.2 Å². The van der Waals surface area contributed by atoms with Crippen LogP contribution in [0.5, 0.6) is 0 Å². The van der Waals surface area contributed by atoms with Crippen molar-refractivity contribution < 1.29 is 0 Å². The smallest absolute Gasteiger partial charge is 0.0165 e. The SMILES string of the molecule is CC(C)(Cc1ccccc1)NCCNCCNC(C)(C)Cc1ccccc1. The monoisotopic (exact) mass is 367 g/mol. The van der Waals surface area contributed by atoms with Gasteiger partial charge in [-0.1, -0.05) is 60.7 Å². The van der Waals surface area contributed by atoms with Crippen molar-refractivity contribution in [1.29, 1.82) is 0 Å². The van der Waals surface area contributed by atoms with E-state index in [0.29, 0.717) is 0 Å². The number of hydrogen-bond donors (Lipinski definition) is 3. The zero-order chi connectivity index (χ0) is 19.6. The largest absolute Gasteiger partial charge is 0.314 e. The van der Waals surface area contributed by atoms with Crippen LogP contribution in [-0.2, 0) is 12.8 Å². The highest BCUT2D eigenvalue weighted by molar-refractivity contribution is 5.18. The Morgan fingerprint density at radius 2 is 0.926 bits per heavy atom. The molecule has 0 saturated heterocycles. The highest BCUT2D eigenvalue weighted by atomic mass is 15.0. The predicted molar refractivity (Wildman–Crippen MR) is 117 cm³/mol. The summed E-state index contributed by atoms with van der Waals surface area (Å²) in [5.74, 6) is 0. The molecule has 3 N–H and O–H groups in total. The van der Waals surface area contributed by atoms with E-state index >= 15 is 0 Å². The van der Waals surface area contributed by atoms with Crippen molar-refractivity contribution in [3.63, 3.8) is 0 Å². The van der Waals surface area contributed by atoms with Crippen LogP contribution < -0.4 is 16.0 Å². The summed E-state index contributed by atoms with van der Waals surface area (Å²) in [4.78, 5) is 0. The summed E-state index contributed by atoms with van der Waals surface area (Å²) in [5.41, 5.74) is 2.98. The molecule has 0 atom stereocenters. The first kappa shape index (κ1) is 21.6. The van der Waals surface area contributed by atoms with E-state index in [1.54, 1.807) is 0 Å². The van der Waals surface area contributed by atoms with E-state index in [9.17, 15) is 0 Å². The van der Waals surface area contributed by atoms with Gasteiger partial charge in [-0.3, -0.25) is 0 Å². The summed E-state index contributed by atoms with van der Waals surface area (Å²) in [6.45, 7) is 13.0. The minimum absolute atomic E-state index is 0.110. The fourth-order valence-electron chi connectivity index (χ4n) is 3.44. The van der Waals surface area contributed by atoms with Gasteiger partial charge in [0, 0.05) is 37.3 Å². The van der Waals surface area contributed by atoms with Gasteiger partial charge in [0.2, 0.25) is 0 Å². The maximum atomic E-state index is 3.66. The van der Waals surface area contributed by atoms with Crippen molar-refractivity contribution in [3.8, 4) is 0 Å². The van der Waals surface area contributed by atoms with Crippen LogP contribution in [0.25, 0.3) is 0 Å². The first-order valence-corrected chi connectivity index (χ1v) is 10.1. The standard InChI is InChI=1S/C24H37N3/c1-23(2,19-21-11-7-5-8-12-21)26-17-15-25-16-18-27-24(3,4)20-22-13-9-6-10-14-22/h5-14,25-27H,15-20H2,1-4H3. The molecule has 148 valence electrons. The fraction of sp³-hybridized carbons (Fsp3) is 0.500. The Hall–Kier alpha value is -1.68. The molecule has 0 saturated carbocycles. The second-order valence-electron chi connectivity index (χ2n) is 8.70. The third-order valence-electron chi connectivity index (χ3n) is 4.79. The lowest BCUT2D eigenvalue weighted by Gasteiger charge is -2.28. The van der Waals surface area contributed by atoms with E-state index in [-0.39, 0.29) is 11.1 Å². The third-order valence-corrected chi connectivity index (χ3v) is 4.79. The molecule has 0 aliphatic rings. The van der Waals surface area contributed by atoms with Crippen LogP contribution in [0, 0.1) is 0 Å². The van der Waals surface area contributed by atoms with Crippen LogP contribution in [0.4, 0.5) is 0 Å². The number of hydrogen-bond acceptors (Lipinski definition) is 3. The molecule has 0 bridgehead atoms. The van der Waals surface area contributed by atoms with Crippen LogP contribution >= 0.6 is 0 Å². The molecular weight excluding hydrogens is 330 g/mol. The first-order chi connectivity index (χ1) is 12.9. The molecule has 0 unspecified atom stereocenters. The Bertz CT molecular complexity index is 578. The lowest BCUT2D eigenvalue weighted by atomic mass is 9.95. The van der Waals surface area contributed by atoms with E-state index in [4.69, 9.17) is 0 Å². The molecule has 0 amide bonds. The molecule has 0 aromatic heterocycles. The van der Waals surface area contributed by atoms with Gasteiger partial charge >= 0.3 is 0 Å². The molecule has 3 heteroatoms. The van der Waals surface area contributed by atoms with Gasteiger partial charge in [0.05, 0.1) is 0 Å². The molecule has 3 nitrogen and oxygen atoms in total. The minimum atomic E-state index is 0.110. The number of nitrogens with one attached hydrogen (secondary N) is 3. The molecule has 0 aliphatic carbocycles. The topological polar surface area (TPSA) is 36.1 Å². The highest BCUT2D eigenvalue weighted by Gasteiger charge is 2.18. The zero-order valence-electron chi connectivity index (χ0n) is 17.5. The Labute approximate surface area is 166 Å². The zero-order valence-corrected chi connectivity index (χ0v) is 17.5. The molecular formula is C24H37N3. The highest BCUT2D eigenvalue weighted by Crippen LogP contribution is 2.12. The van der Waals surface area contributed by atoms with Gasteiger partial charge in [-0.15, -0.1) is 0 Å². The van der Waals surface area contributed by atoms with E-state index in [2.05, 4.69) is 104 Å². The summed E-state index contributed by atoms with van der Waals surface area (Å²) in [5, 5.41) is 10.9. The fourth-order valence-corrected chi connectivity index (χ4v) is 3.44. The lowest BCUT2D eigenvalue weighted by molar-refractivity contribution is 0.371. The van der Waals surface area contributed by atoms with E-state index < -0.39 is 0 Å². The van der Waals surface area contributed by atoms with Gasteiger partial charge in [0.15, 0.2) is 0 Å². The Morgan fingerprint density at radius 3 is 1.30 bits per heavy atom. The summed E-state index contributed by atoms with van der Waals surface area (Å²) >= 11 is 0. The Kier molecular flexibility index (Phi) is 8.49. The van der Waals surface area contributed by atoms with Crippen LogP contribution in [0.3, 0.4) is 0 Å². The van der Waals surface area contributed by atoms with Crippen molar-refractivity contribution in [1.82, 2.24) is 16.0 Å². The minimum Gasteiger partial charge on any atom is -0.314 e. The second kappa shape index (κ2) is 10.6. The van der Waals surface area contributed by atoms with E-state index in [1.165, 1.54) is 11.1 Å². The van der Waals surface area contributed by atoms with E-state index in [0.717, 1.165) is 39.0 Å². The molecule has 2 aromatic carbocycles. The van der Waals surface area contributed by atoms with Gasteiger partial charge in [-0.25, -0.2) is 0 Å². The van der Waals surface area contributed by atoms with Crippen LogP contribution in [0.15, 0.2) is 60.7 Å². The van der Waals surface area contributed by atoms with Crippen molar-refractivity contribution in [3.05, 3.63) is 71.8 Å². The third kappa shape index (κ3) is 9.18. The van der Waals surface area contributed by atoms with Gasteiger partial charge in [-0.2, -0.15) is 0 Å².